The van der Waals surface area contributed by atoms with Gasteiger partial charge in [0.15, 0.2) is 6.10 Å². The summed E-state index contributed by atoms with van der Waals surface area (Å²) in [6, 6.07) is 0. The molecule has 0 amide bonds. The van der Waals surface area contributed by atoms with Crippen molar-refractivity contribution < 1.29 is 42.1 Å². The fourth-order valence-electron chi connectivity index (χ4n) is 9.59. The van der Waals surface area contributed by atoms with E-state index in [1.165, 1.54) is 103 Å². The van der Waals surface area contributed by atoms with Crippen LogP contribution in [-0.2, 0) is 32.7 Å². The number of allylic oxidation sites excluding steroid dienone is 26. The summed E-state index contributed by atoms with van der Waals surface area (Å²) < 4.78 is 34.7. The fraction of sp³-hybridized carbons (Fsp3) is 0.650. The lowest BCUT2D eigenvalue weighted by molar-refractivity contribution is -0.870. The second-order valence-electron chi connectivity index (χ2n) is 24.9. The Morgan fingerprint density at radius 1 is 0.344 bits per heavy atom. The third-order valence-electron chi connectivity index (χ3n) is 15.1. The molecule has 0 bridgehead atoms. The van der Waals surface area contributed by atoms with Gasteiger partial charge in [-0.2, -0.15) is 0 Å². The molecule has 1 N–H and O–H groups in total. The number of ether oxygens (including phenoxy) is 2. The van der Waals surface area contributed by atoms with Crippen molar-refractivity contribution >= 4 is 19.8 Å². The van der Waals surface area contributed by atoms with Crippen molar-refractivity contribution in [3.05, 3.63) is 158 Å². The third-order valence-corrected chi connectivity index (χ3v) is 16.0. The number of nitrogens with zero attached hydrogens (tertiary/aromatic N) is 1. The quantitative estimate of drug-likeness (QED) is 0.0211. The maximum atomic E-state index is 12.9. The fourth-order valence-corrected chi connectivity index (χ4v) is 10.3. The van der Waals surface area contributed by atoms with E-state index in [1.54, 1.807) is 0 Å². The van der Waals surface area contributed by atoms with Crippen LogP contribution >= 0.6 is 7.82 Å². The molecule has 0 saturated heterocycles. The molecule has 0 aliphatic heterocycles. The van der Waals surface area contributed by atoms with Gasteiger partial charge in [-0.1, -0.05) is 307 Å². The molecule has 0 aromatic rings. The Bertz CT molecular complexity index is 2080. The predicted molar refractivity (Wildman–Crippen MR) is 390 cm³/mol. The Hall–Kier alpha value is -4.37. The highest BCUT2D eigenvalue weighted by Gasteiger charge is 2.27. The van der Waals surface area contributed by atoms with Crippen molar-refractivity contribution in [3.63, 3.8) is 0 Å². The summed E-state index contributed by atoms with van der Waals surface area (Å²) in [7, 11) is 1.46. The molecule has 2 unspecified atom stereocenters. The number of hydrogen-bond donors (Lipinski definition) is 1. The minimum Gasteiger partial charge on any atom is -0.462 e. The summed E-state index contributed by atoms with van der Waals surface area (Å²) in [6.45, 7) is 4.19. The van der Waals surface area contributed by atoms with Crippen LogP contribution in [0.15, 0.2) is 158 Å². The van der Waals surface area contributed by atoms with Crippen LogP contribution in [-0.4, -0.2) is 74.9 Å². The molecule has 0 heterocycles. The van der Waals surface area contributed by atoms with Gasteiger partial charge in [0.2, 0.25) is 0 Å². The molecule has 0 aliphatic rings. The van der Waals surface area contributed by atoms with E-state index >= 15 is 0 Å². The van der Waals surface area contributed by atoms with Gasteiger partial charge in [0.25, 0.3) is 0 Å². The lowest BCUT2D eigenvalue weighted by Gasteiger charge is -2.24. The minimum absolute atomic E-state index is 0.0230. The monoisotopic (exact) mass is 1270 g/mol. The molecular formula is C80H135NO8P+. The number of phosphoric acid groups is 1. The van der Waals surface area contributed by atoms with Crippen LogP contribution in [0, 0.1) is 0 Å². The first-order valence-corrected chi connectivity index (χ1v) is 37.7. The molecule has 90 heavy (non-hydrogen) atoms. The minimum atomic E-state index is -4.41. The van der Waals surface area contributed by atoms with Crippen LogP contribution in [0.25, 0.3) is 0 Å². The van der Waals surface area contributed by atoms with E-state index in [-0.39, 0.29) is 32.0 Å². The standard InChI is InChI=1S/C80H134NO8P/c1-6-8-10-12-14-16-18-20-22-24-26-28-30-32-33-34-35-36-37-38-39-40-41-42-43-44-45-46-47-49-51-53-55-57-59-61-63-65-67-69-71-73-80(83)89-78(77-88-90(84,85)87-75-74-81(3,4)5)76-86-79(82)72-70-68-66-64-62-60-58-56-54-52-50-48-31-29-27-25-23-21-19-17-15-13-11-9-7-2/h8-11,14-17,20-23,26-29,32-33,35-36,38-39,48,50,54,56,78H,6-7,12-13,18-19,24-25,30-31,34,37,40-47,49,51-53,55,57-77H2,1-5H3/p+1/b10-8-,11-9-,16-14-,17-15-,22-20-,23-21-,28-26-,29-27-,33-32-,36-35-,39-38-,50-48-,56-54-. The number of quaternary nitrogens is 1. The Kier molecular flexibility index (Phi) is 65.6. The molecule has 0 spiro atoms. The Balaban J connectivity index is 4.03. The van der Waals surface area contributed by atoms with Gasteiger partial charge in [-0.3, -0.25) is 18.6 Å². The summed E-state index contributed by atoms with van der Waals surface area (Å²) >= 11 is 0. The SMILES string of the molecule is CC/C=C\C/C=C\C/C=C\C/C=C\C/C=C\C/C=C\C/C=C\CCCCCCCCCCCCCCCCCCCCCC(=O)OC(COC(=O)CCCCCCCC/C=C\C/C=C\C/C=C\C/C=C\C/C=C\C/C=C\CC)COP(=O)(O)OCC[N+](C)(C)C. The number of carbonyl (C=O) groups is 2. The number of phosphoric ester groups is 1. The average molecular weight is 1270 g/mol. The molecular weight excluding hydrogens is 1130 g/mol. The average Bonchev–Trinajstić information content (AvgIpc) is 3.62. The second-order valence-corrected chi connectivity index (χ2v) is 26.3. The molecule has 0 saturated carbocycles. The molecule has 10 heteroatoms. The number of rotatable bonds is 65. The molecule has 2 atom stereocenters. The highest BCUT2D eigenvalue weighted by atomic mass is 31.2. The van der Waals surface area contributed by atoms with Gasteiger partial charge in [-0.05, 0) is 122 Å². The largest absolute Gasteiger partial charge is 0.472 e. The first-order valence-electron chi connectivity index (χ1n) is 36.2. The summed E-state index contributed by atoms with van der Waals surface area (Å²) in [4.78, 5) is 35.9. The van der Waals surface area contributed by atoms with E-state index in [0.717, 1.165) is 141 Å². The molecule has 0 aromatic heterocycles. The number of esters is 2. The molecule has 0 fully saturated rings. The van der Waals surface area contributed by atoms with E-state index in [0.29, 0.717) is 23.9 Å². The van der Waals surface area contributed by atoms with Crippen LogP contribution in [0.3, 0.4) is 0 Å². The predicted octanol–water partition coefficient (Wildman–Crippen LogP) is 23.9. The number of carbonyl (C=O) groups excluding carboxylic acids is 2. The highest BCUT2D eigenvalue weighted by Crippen LogP contribution is 2.43. The van der Waals surface area contributed by atoms with E-state index < -0.39 is 26.5 Å². The van der Waals surface area contributed by atoms with E-state index in [9.17, 15) is 19.0 Å². The van der Waals surface area contributed by atoms with E-state index in [1.807, 2.05) is 21.1 Å². The van der Waals surface area contributed by atoms with Crippen molar-refractivity contribution in [3.8, 4) is 0 Å². The lowest BCUT2D eigenvalue weighted by Crippen LogP contribution is -2.37. The zero-order chi connectivity index (χ0) is 65.5. The van der Waals surface area contributed by atoms with Gasteiger partial charge in [0, 0.05) is 12.8 Å². The second kappa shape index (κ2) is 69.0. The van der Waals surface area contributed by atoms with Crippen LogP contribution in [0.1, 0.15) is 284 Å². The third kappa shape index (κ3) is 72.7. The van der Waals surface area contributed by atoms with Gasteiger partial charge >= 0.3 is 19.8 Å². The van der Waals surface area contributed by atoms with Crippen LogP contribution in [0.2, 0.25) is 0 Å². The van der Waals surface area contributed by atoms with Gasteiger partial charge in [0.05, 0.1) is 27.7 Å². The topological polar surface area (TPSA) is 108 Å². The van der Waals surface area contributed by atoms with Crippen LogP contribution < -0.4 is 0 Å². The zero-order valence-electron chi connectivity index (χ0n) is 58.3. The van der Waals surface area contributed by atoms with Crippen molar-refractivity contribution in [1.29, 1.82) is 0 Å². The van der Waals surface area contributed by atoms with Crippen LogP contribution in [0.4, 0.5) is 0 Å². The Labute approximate surface area is 554 Å². The van der Waals surface area contributed by atoms with Gasteiger partial charge in [-0.15, -0.1) is 0 Å². The maximum absolute atomic E-state index is 12.9. The first-order chi connectivity index (χ1) is 44.0. The first kappa shape index (κ1) is 85.6. The molecule has 0 aliphatic carbocycles. The van der Waals surface area contributed by atoms with Gasteiger partial charge in [-0.25, -0.2) is 4.57 Å². The van der Waals surface area contributed by atoms with E-state index in [2.05, 4.69) is 172 Å². The summed E-state index contributed by atoms with van der Waals surface area (Å²) in [5, 5.41) is 0. The molecule has 0 rings (SSSR count). The highest BCUT2D eigenvalue weighted by molar-refractivity contribution is 7.47. The van der Waals surface area contributed by atoms with Gasteiger partial charge < -0.3 is 18.9 Å². The van der Waals surface area contributed by atoms with Crippen LogP contribution in [0.5, 0.6) is 0 Å². The molecule has 0 radical (unpaired) electrons. The zero-order valence-corrected chi connectivity index (χ0v) is 59.2. The van der Waals surface area contributed by atoms with Crippen molar-refractivity contribution in [1.82, 2.24) is 0 Å². The van der Waals surface area contributed by atoms with Crippen molar-refractivity contribution in [2.75, 3.05) is 47.5 Å². The normalized spacial score (nSPS) is 14.1. The summed E-state index contributed by atoms with van der Waals surface area (Å²) in [5.41, 5.74) is 0. The smallest absolute Gasteiger partial charge is 0.462 e. The number of unbranched alkanes of at least 4 members (excludes halogenated alkanes) is 25. The van der Waals surface area contributed by atoms with Crippen molar-refractivity contribution in [2.24, 2.45) is 0 Å². The van der Waals surface area contributed by atoms with Gasteiger partial charge in [0.1, 0.15) is 19.8 Å². The maximum Gasteiger partial charge on any atom is 0.472 e. The number of likely N-dealkylation sites (N-methyl/N-ethyl adjacent to an activating group) is 1. The lowest BCUT2D eigenvalue weighted by atomic mass is 10.0. The van der Waals surface area contributed by atoms with Crippen molar-refractivity contribution in [2.45, 2.75) is 290 Å². The summed E-state index contributed by atoms with van der Waals surface area (Å²) in [5.74, 6) is -0.815. The molecule has 512 valence electrons. The number of hydrogen-bond acceptors (Lipinski definition) is 7. The Morgan fingerprint density at radius 3 is 0.889 bits per heavy atom. The summed E-state index contributed by atoms with van der Waals surface area (Å²) in [6.07, 6.45) is 104. The molecule has 9 nitrogen and oxygen atoms in total. The Morgan fingerprint density at radius 2 is 0.600 bits per heavy atom. The van der Waals surface area contributed by atoms with E-state index in [4.69, 9.17) is 18.5 Å². The molecule has 0 aromatic carbocycles.